The fourth-order valence-corrected chi connectivity index (χ4v) is 2.52. The van der Waals surface area contributed by atoms with Crippen LogP contribution >= 0.6 is 11.3 Å². The Hall–Kier alpha value is -1.84. The van der Waals surface area contributed by atoms with Crippen LogP contribution in [0.2, 0.25) is 0 Å². The number of rotatable bonds is 8. The zero-order valence-electron chi connectivity index (χ0n) is 13.7. The summed E-state index contributed by atoms with van der Waals surface area (Å²) >= 11 is 0.981. The summed E-state index contributed by atoms with van der Waals surface area (Å²) in [6, 6.07) is 0. The molecule has 0 atom stereocenters. The standard InChI is InChI=1S/C14H22F3N5OS/c1-3-6-19-11(23)4-7-20-13(18-2)21-8-5-12-22-10(9-24-12)14(15,16)17/h9H,3-8H2,1-2H3,(H,19,23)(H2,18,20,21). The van der Waals surface area contributed by atoms with Gasteiger partial charge in [0.15, 0.2) is 11.7 Å². The van der Waals surface area contributed by atoms with Crippen LogP contribution in [0.4, 0.5) is 13.2 Å². The van der Waals surface area contributed by atoms with Crippen LogP contribution in [0.15, 0.2) is 10.4 Å². The third-order valence-corrected chi connectivity index (χ3v) is 3.82. The molecule has 24 heavy (non-hydrogen) atoms. The van der Waals surface area contributed by atoms with E-state index in [1.54, 1.807) is 7.05 Å². The molecule has 3 N–H and O–H groups in total. The monoisotopic (exact) mass is 365 g/mol. The van der Waals surface area contributed by atoms with E-state index in [9.17, 15) is 18.0 Å². The van der Waals surface area contributed by atoms with Gasteiger partial charge in [-0.3, -0.25) is 9.79 Å². The Morgan fingerprint density at radius 1 is 1.25 bits per heavy atom. The SMILES string of the molecule is CCCNC(=O)CCNC(=NC)NCCc1nc(C(F)(F)F)cs1. The molecule has 0 saturated carbocycles. The Morgan fingerprint density at radius 2 is 1.96 bits per heavy atom. The highest BCUT2D eigenvalue weighted by atomic mass is 32.1. The number of amides is 1. The molecular weight excluding hydrogens is 343 g/mol. The minimum Gasteiger partial charge on any atom is -0.356 e. The van der Waals surface area contributed by atoms with Gasteiger partial charge < -0.3 is 16.0 Å². The number of nitrogens with zero attached hydrogens (tertiary/aromatic N) is 2. The number of guanidine groups is 1. The highest BCUT2D eigenvalue weighted by Crippen LogP contribution is 2.29. The van der Waals surface area contributed by atoms with Crippen molar-refractivity contribution in [2.24, 2.45) is 4.99 Å². The maximum absolute atomic E-state index is 12.5. The molecule has 1 heterocycles. The maximum Gasteiger partial charge on any atom is 0.434 e. The van der Waals surface area contributed by atoms with Gasteiger partial charge in [-0.2, -0.15) is 13.2 Å². The lowest BCUT2D eigenvalue weighted by Gasteiger charge is -2.11. The van der Waals surface area contributed by atoms with E-state index in [1.165, 1.54) is 0 Å². The molecule has 0 aliphatic rings. The number of alkyl halides is 3. The number of aromatic nitrogens is 1. The molecule has 6 nitrogen and oxygen atoms in total. The molecule has 1 aromatic rings. The number of carbonyl (C=O) groups excluding carboxylic acids is 1. The summed E-state index contributed by atoms with van der Waals surface area (Å²) in [5, 5.41) is 10.1. The first kappa shape index (κ1) is 20.2. The van der Waals surface area contributed by atoms with Crippen LogP contribution in [-0.4, -0.2) is 43.5 Å². The van der Waals surface area contributed by atoms with E-state index < -0.39 is 11.9 Å². The van der Waals surface area contributed by atoms with Crippen LogP contribution in [0.5, 0.6) is 0 Å². The van der Waals surface area contributed by atoms with Crippen LogP contribution in [0.3, 0.4) is 0 Å². The smallest absolute Gasteiger partial charge is 0.356 e. The van der Waals surface area contributed by atoms with Crippen molar-refractivity contribution in [1.29, 1.82) is 0 Å². The largest absolute Gasteiger partial charge is 0.434 e. The van der Waals surface area contributed by atoms with Crippen molar-refractivity contribution in [1.82, 2.24) is 20.9 Å². The number of nitrogens with one attached hydrogen (secondary N) is 3. The van der Waals surface area contributed by atoms with Gasteiger partial charge in [-0.25, -0.2) is 4.98 Å². The van der Waals surface area contributed by atoms with Crippen molar-refractivity contribution in [2.75, 3.05) is 26.7 Å². The quantitative estimate of drug-likeness (QED) is 0.485. The summed E-state index contributed by atoms with van der Waals surface area (Å²) in [5.41, 5.74) is -0.858. The fourth-order valence-electron chi connectivity index (χ4n) is 1.71. The third-order valence-electron chi connectivity index (χ3n) is 2.91. The third kappa shape index (κ3) is 7.62. The second kappa shape index (κ2) is 10.1. The number of halogens is 3. The lowest BCUT2D eigenvalue weighted by molar-refractivity contribution is -0.140. The molecule has 1 amide bonds. The molecule has 10 heteroatoms. The number of hydrogen-bond acceptors (Lipinski definition) is 4. The molecule has 0 unspecified atom stereocenters. The summed E-state index contributed by atoms with van der Waals surface area (Å²) in [5.74, 6) is 0.452. The van der Waals surface area contributed by atoms with Crippen molar-refractivity contribution in [3.63, 3.8) is 0 Å². The van der Waals surface area contributed by atoms with E-state index >= 15 is 0 Å². The van der Waals surface area contributed by atoms with Gasteiger partial charge in [-0.1, -0.05) is 6.92 Å². The summed E-state index contributed by atoms with van der Waals surface area (Å²) in [6.07, 6.45) is -2.84. The van der Waals surface area contributed by atoms with Crippen LogP contribution in [-0.2, 0) is 17.4 Å². The lowest BCUT2D eigenvalue weighted by Crippen LogP contribution is -2.40. The minimum absolute atomic E-state index is 0.0396. The van der Waals surface area contributed by atoms with E-state index in [4.69, 9.17) is 0 Å². The zero-order valence-corrected chi connectivity index (χ0v) is 14.5. The minimum atomic E-state index is -4.40. The van der Waals surface area contributed by atoms with E-state index in [0.717, 1.165) is 23.1 Å². The number of hydrogen-bond donors (Lipinski definition) is 3. The van der Waals surface area contributed by atoms with E-state index in [1.807, 2.05) is 6.92 Å². The topological polar surface area (TPSA) is 78.4 Å². The van der Waals surface area contributed by atoms with Gasteiger partial charge >= 0.3 is 6.18 Å². The van der Waals surface area contributed by atoms with Crippen molar-refractivity contribution in [3.05, 3.63) is 16.1 Å². The first-order valence-corrected chi connectivity index (χ1v) is 8.47. The Bertz CT molecular complexity index is 545. The highest BCUT2D eigenvalue weighted by molar-refractivity contribution is 7.09. The molecule has 0 aromatic carbocycles. The van der Waals surface area contributed by atoms with E-state index in [-0.39, 0.29) is 5.91 Å². The van der Waals surface area contributed by atoms with Gasteiger partial charge in [0.2, 0.25) is 5.91 Å². The van der Waals surface area contributed by atoms with Crippen molar-refractivity contribution in [3.8, 4) is 0 Å². The van der Waals surface area contributed by atoms with Gasteiger partial charge in [0.05, 0.1) is 5.01 Å². The fraction of sp³-hybridized carbons (Fsp3) is 0.643. The van der Waals surface area contributed by atoms with Gasteiger partial charge in [0.1, 0.15) is 0 Å². The van der Waals surface area contributed by atoms with Gasteiger partial charge in [-0.05, 0) is 6.42 Å². The second-order valence-electron chi connectivity index (χ2n) is 4.90. The van der Waals surface area contributed by atoms with Gasteiger partial charge in [0.25, 0.3) is 0 Å². The van der Waals surface area contributed by atoms with Crippen molar-refractivity contribution >= 4 is 23.2 Å². The summed E-state index contributed by atoms with van der Waals surface area (Å²) in [7, 11) is 1.58. The van der Waals surface area contributed by atoms with Crippen LogP contribution in [0.25, 0.3) is 0 Å². The summed E-state index contributed by atoms with van der Waals surface area (Å²) in [6.45, 7) is 3.45. The first-order valence-electron chi connectivity index (χ1n) is 7.59. The Labute approximate surface area is 143 Å². The normalized spacial score (nSPS) is 12.1. The molecule has 0 saturated heterocycles. The number of aliphatic imine (C=N–C) groups is 1. The predicted molar refractivity (Wildman–Crippen MR) is 88.1 cm³/mol. The van der Waals surface area contributed by atoms with Crippen LogP contribution < -0.4 is 16.0 Å². The van der Waals surface area contributed by atoms with Gasteiger partial charge in [-0.15, -0.1) is 11.3 Å². The average molecular weight is 365 g/mol. The Morgan fingerprint density at radius 3 is 2.54 bits per heavy atom. The molecule has 136 valence electrons. The van der Waals surface area contributed by atoms with Crippen molar-refractivity contribution < 1.29 is 18.0 Å². The Kier molecular flexibility index (Phi) is 8.51. The lowest BCUT2D eigenvalue weighted by atomic mass is 10.3. The van der Waals surface area contributed by atoms with Crippen molar-refractivity contribution in [2.45, 2.75) is 32.4 Å². The average Bonchev–Trinajstić information content (AvgIpc) is 3.00. The molecular formula is C14H22F3N5OS. The molecule has 0 aliphatic carbocycles. The molecule has 0 aliphatic heterocycles. The second-order valence-corrected chi connectivity index (χ2v) is 5.84. The Balaban J connectivity index is 2.27. The number of thiazole rings is 1. The number of carbonyl (C=O) groups is 1. The molecule has 1 aromatic heterocycles. The molecule has 0 radical (unpaired) electrons. The summed E-state index contributed by atoms with van der Waals surface area (Å²) in [4.78, 5) is 19.0. The van der Waals surface area contributed by atoms with Gasteiger partial charge in [0, 0.05) is 44.9 Å². The van der Waals surface area contributed by atoms with E-state index in [2.05, 4.69) is 25.9 Å². The molecule has 1 rings (SSSR count). The predicted octanol–water partition coefficient (Wildman–Crippen LogP) is 1.79. The highest BCUT2D eigenvalue weighted by Gasteiger charge is 2.33. The molecule has 0 fully saturated rings. The zero-order chi connectivity index (χ0) is 18.0. The van der Waals surface area contributed by atoms with Crippen LogP contribution in [0.1, 0.15) is 30.5 Å². The first-order chi connectivity index (χ1) is 11.4. The van der Waals surface area contributed by atoms with Crippen LogP contribution in [0, 0.1) is 0 Å². The molecule has 0 bridgehead atoms. The molecule has 0 spiro atoms. The maximum atomic E-state index is 12.5. The van der Waals surface area contributed by atoms with E-state index in [0.29, 0.717) is 43.4 Å². The summed E-state index contributed by atoms with van der Waals surface area (Å²) < 4.78 is 37.4.